The molecule has 0 rings (SSSR count). The highest BCUT2D eigenvalue weighted by molar-refractivity contribution is 5.06. The van der Waals surface area contributed by atoms with E-state index in [4.69, 9.17) is 9.84 Å². The summed E-state index contributed by atoms with van der Waals surface area (Å²) in [5, 5.41) is 9.01. The van der Waals surface area contributed by atoms with Gasteiger partial charge < -0.3 is 9.84 Å². The molecule has 1 unspecified atom stereocenters. The number of rotatable bonds is 5. The third kappa shape index (κ3) is 5.99. The molecule has 2 nitrogen and oxygen atoms in total. The Bertz CT molecular complexity index is 187. The lowest BCUT2D eigenvalue weighted by Crippen LogP contribution is -2.15. The van der Waals surface area contributed by atoms with Crippen molar-refractivity contribution < 1.29 is 23.0 Å². The molecule has 0 radical (unpaired) electrons. The largest absolute Gasteiger partial charge is 0.412 e. The molecule has 0 saturated heterocycles. The summed E-state index contributed by atoms with van der Waals surface area (Å²) in [7, 11) is 0. The number of hydrogen-bond donors (Lipinski definition) is 1. The van der Waals surface area contributed by atoms with Gasteiger partial charge in [0.2, 0.25) is 0 Å². The molecule has 0 bridgehead atoms. The molecule has 84 valence electrons. The highest BCUT2D eigenvalue weighted by Gasteiger charge is 2.30. The maximum absolute atomic E-state index is 12.0. The van der Waals surface area contributed by atoms with Gasteiger partial charge in [-0.25, -0.2) is 0 Å². The van der Waals surface area contributed by atoms with Crippen LogP contribution in [-0.2, 0) is 4.74 Å². The first-order chi connectivity index (χ1) is 6.38. The van der Waals surface area contributed by atoms with Crippen molar-refractivity contribution in [3.63, 3.8) is 0 Å². The maximum atomic E-state index is 12.0. The molecule has 1 N–H and O–H groups in total. The summed E-state index contributed by atoms with van der Waals surface area (Å²) in [5.41, 5.74) is -0.846. The lowest BCUT2D eigenvalue weighted by Gasteiger charge is -2.11. The first kappa shape index (κ1) is 13.4. The highest BCUT2D eigenvalue weighted by atomic mass is 19.4. The van der Waals surface area contributed by atoms with Gasteiger partial charge >= 0.3 is 6.18 Å². The average Bonchev–Trinajstić information content (AvgIpc) is 2.03. The molecule has 0 spiro atoms. The fourth-order valence-electron chi connectivity index (χ4n) is 0.705. The van der Waals surface area contributed by atoms with E-state index in [0.717, 1.165) is 19.8 Å². The number of aliphatic hydroxyl groups excluding tert-OH is 1. The third-order valence-corrected chi connectivity index (χ3v) is 1.63. The second-order valence-electron chi connectivity index (χ2n) is 2.96. The lowest BCUT2D eigenvalue weighted by molar-refractivity contribution is -0.0994. The topological polar surface area (TPSA) is 29.5 Å². The molecule has 0 aromatic rings. The number of allylic oxidation sites excluding steroid dienone is 1. The van der Waals surface area contributed by atoms with Crippen molar-refractivity contribution in [1.29, 1.82) is 0 Å². The Morgan fingerprint density at radius 2 is 2.07 bits per heavy atom. The van der Waals surface area contributed by atoms with E-state index in [-0.39, 0.29) is 6.61 Å². The Labute approximate surface area is 81.4 Å². The van der Waals surface area contributed by atoms with Crippen LogP contribution < -0.4 is 0 Å². The zero-order valence-corrected chi connectivity index (χ0v) is 8.27. The monoisotopic (exact) mass is 212 g/mol. The molecule has 0 fully saturated rings. The Hall–Kier alpha value is -0.550. The summed E-state index contributed by atoms with van der Waals surface area (Å²) >= 11 is 0. The van der Waals surface area contributed by atoms with Crippen LogP contribution in [0.1, 0.15) is 26.7 Å². The van der Waals surface area contributed by atoms with E-state index in [0.29, 0.717) is 6.08 Å². The molecule has 0 aliphatic carbocycles. The second-order valence-corrected chi connectivity index (χ2v) is 2.96. The van der Waals surface area contributed by atoms with Crippen molar-refractivity contribution in [2.24, 2.45) is 0 Å². The Morgan fingerprint density at radius 3 is 2.50 bits per heavy atom. The summed E-state index contributed by atoms with van der Waals surface area (Å²) in [4.78, 5) is 0. The van der Waals surface area contributed by atoms with Gasteiger partial charge in [-0.1, -0.05) is 13.3 Å². The molecule has 0 aromatic carbocycles. The predicted molar refractivity (Wildman–Crippen MR) is 46.7 cm³/mol. The van der Waals surface area contributed by atoms with E-state index >= 15 is 0 Å². The maximum Gasteiger partial charge on any atom is 0.412 e. The summed E-state index contributed by atoms with van der Waals surface area (Å²) < 4.78 is 40.6. The van der Waals surface area contributed by atoms with Crippen molar-refractivity contribution >= 4 is 0 Å². The van der Waals surface area contributed by atoms with Crippen molar-refractivity contribution in [2.45, 2.75) is 39.2 Å². The Kier molecular flexibility index (Phi) is 5.79. The van der Waals surface area contributed by atoms with Crippen molar-refractivity contribution in [3.8, 4) is 0 Å². The molecular weight excluding hydrogens is 197 g/mol. The minimum atomic E-state index is -4.39. The number of halogens is 3. The van der Waals surface area contributed by atoms with Crippen LogP contribution in [0.4, 0.5) is 13.2 Å². The molecule has 0 amide bonds. The molecule has 0 aliphatic heterocycles. The standard InChI is InChI=1S/C9H15F3O2/c1-3-4-5-14-8(13)6-7(2)9(10,11)12/h6,8,13H,3-5H2,1-2H3/b7-6+. The normalized spacial score (nSPS) is 15.7. The zero-order chi connectivity index (χ0) is 11.2. The smallest absolute Gasteiger partial charge is 0.365 e. The Balaban J connectivity index is 3.96. The Morgan fingerprint density at radius 1 is 1.50 bits per heavy atom. The number of alkyl halides is 3. The summed E-state index contributed by atoms with van der Waals surface area (Å²) in [6.07, 6.45) is -3.61. The number of hydrogen-bond acceptors (Lipinski definition) is 2. The van der Waals surface area contributed by atoms with E-state index in [2.05, 4.69) is 0 Å². The fourth-order valence-corrected chi connectivity index (χ4v) is 0.705. The fraction of sp³-hybridized carbons (Fsp3) is 0.778. The van der Waals surface area contributed by atoms with Crippen LogP contribution in [0.3, 0.4) is 0 Å². The van der Waals surface area contributed by atoms with Gasteiger partial charge in [0, 0.05) is 5.57 Å². The highest BCUT2D eigenvalue weighted by Crippen LogP contribution is 2.25. The van der Waals surface area contributed by atoms with Gasteiger partial charge in [0.1, 0.15) is 0 Å². The summed E-state index contributed by atoms with van der Waals surface area (Å²) in [6.45, 7) is 3.08. The lowest BCUT2D eigenvalue weighted by atomic mass is 10.3. The van der Waals surface area contributed by atoms with E-state index < -0.39 is 18.0 Å². The minimum absolute atomic E-state index is 0.263. The van der Waals surface area contributed by atoms with E-state index in [1.165, 1.54) is 0 Å². The van der Waals surface area contributed by atoms with E-state index in [9.17, 15) is 13.2 Å². The van der Waals surface area contributed by atoms with Crippen LogP contribution in [0.5, 0.6) is 0 Å². The molecule has 0 saturated carbocycles. The first-order valence-electron chi connectivity index (χ1n) is 4.43. The van der Waals surface area contributed by atoms with Gasteiger partial charge in [-0.15, -0.1) is 0 Å². The van der Waals surface area contributed by atoms with E-state index in [1.54, 1.807) is 0 Å². The van der Waals surface area contributed by atoms with E-state index in [1.807, 2.05) is 6.92 Å². The van der Waals surface area contributed by atoms with Crippen molar-refractivity contribution in [3.05, 3.63) is 11.6 Å². The van der Waals surface area contributed by atoms with Crippen LogP contribution >= 0.6 is 0 Å². The minimum Gasteiger partial charge on any atom is -0.365 e. The van der Waals surface area contributed by atoms with Gasteiger partial charge in [0.05, 0.1) is 6.61 Å². The average molecular weight is 212 g/mol. The van der Waals surface area contributed by atoms with Crippen LogP contribution in [0.2, 0.25) is 0 Å². The zero-order valence-electron chi connectivity index (χ0n) is 8.27. The molecule has 5 heteroatoms. The molecule has 0 heterocycles. The number of unbranched alkanes of at least 4 members (excludes halogenated alkanes) is 1. The number of aliphatic hydroxyl groups is 1. The van der Waals surface area contributed by atoms with Crippen molar-refractivity contribution in [2.75, 3.05) is 6.61 Å². The van der Waals surface area contributed by atoms with Gasteiger partial charge in [0.25, 0.3) is 0 Å². The molecule has 14 heavy (non-hydrogen) atoms. The predicted octanol–water partition coefficient (Wildman–Crippen LogP) is 2.63. The SMILES string of the molecule is CCCCOC(O)/C=C(\C)C(F)(F)F. The molecule has 1 atom stereocenters. The van der Waals surface area contributed by atoms with Gasteiger partial charge in [-0.05, 0) is 19.4 Å². The summed E-state index contributed by atoms with van der Waals surface area (Å²) in [5.74, 6) is 0. The molecule has 0 aromatic heterocycles. The van der Waals surface area contributed by atoms with Crippen LogP contribution in [0.15, 0.2) is 11.6 Å². The quantitative estimate of drug-likeness (QED) is 0.431. The second kappa shape index (κ2) is 6.03. The van der Waals surface area contributed by atoms with Gasteiger partial charge in [-0.3, -0.25) is 0 Å². The summed E-state index contributed by atoms with van der Waals surface area (Å²) in [6, 6.07) is 0. The van der Waals surface area contributed by atoms with Gasteiger partial charge in [0.15, 0.2) is 6.29 Å². The van der Waals surface area contributed by atoms with Crippen LogP contribution in [0.25, 0.3) is 0 Å². The molecule has 0 aliphatic rings. The molecular formula is C9H15F3O2. The first-order valence-corrected chi connectivity index (χ1v) is 4.43. The number of ether oxygens (including phenoxy) is 1. The van der Waals surface area contributed by atoms with Crippen molar-refractivity contribution in [1.82, 2.24) is 0 Å². The van der Waals surface area contributed by atoms with Crippen LogP contribution in [-0.4, -0.2) is 24.2 Å². The third-order valence-electron chi connectivity index (χ3n) is 1.63. The van der Waals surface area contributed by atoms with Gasteiger partial charge in [-0.2, -0.15) is 13.2 Å². The van der Waals surface area contributed by atoms with Crippen LogP contribution in [0, 0.1) is 0 Å².